The SMILES string of the molecule is CC1CCC(C(=O)Nc2ccc(=O)n(C)c2)O1. The fraction of sp³-hybridized carbons (Fsp3) is 0.500. The number of rotatable bonds is 2. The summed E-state index contributed by atoms with van der Waals surface area (Å²) in [5.74, 6) is -0.145. The molecule has 0 aliphatic carbocycles. The Morgan fingerprint density at radius 3 is 2.82 bits per heavy atom. The molecular formula is C12H16N2O3. The lowest BCUT2D eigenvalue weighted by Gasteiger charge is -2.12. The van der Waals surface area contributed by atoms with E-state index in [0.717, 1.165) is 12.8 Å². The Hall–Kier alpha value is -1.62. The summed E-state index contributed by atoms with van der Waals surface area (Å²) in [5, 5.41) is 2.75. The van der Waals surface area contributed by atoms with Gasteiger partial charge in [-0.25, -0.2) is 0 Å². The zero-order chi connectivity index (χ0) is 12.4. The number of pyridine rings is 1. The van der Waals surface area contributed by atoms with Crippen LogP contribution in [0.3, 0.4) is 0 Å². The second kappa shape index (κ2) is 4.71. The number of amides is 1. The van der Waals surface area contributed by atoms with Gasteiger partial charge in [0.25, 0.3) is 5.91 Å². The number of nitrogens with zero attached hydrogens (tertiary/aromatic N) is 1. The molecular weight excluding hydrogens is 220 g/mol. The number of anilines is 1. The molecule has 1 aromatic rings. The summed E-state index contributed by atoms with van der Waals surface area (Å²) in [4.78, 5) is 23.0. The molecule has 2 unspecified atom stereocenters. The van der Waals surface area contributed by atoms with E-state index in [1.807, 2.05) is 6.92 Å². The Kier molecular flexibility index (Phi) is 3.28. The molecule has 17 heavy (non-hydrogen) atoms. The first-order valence-electron chi connectivity index (χ1n) is 5.69. The zero-order valence-electron chi connectivity index (χ0n) is 9.97. The van der Waals surface area contributed by atoms with E-state index in [0.29, 0.717) is 5.69 Å². The topological polar surface area (TPSA) is 60.3 Å². The van der Waals surface area contributed by atoms with Crippen molar-refractivity contribution in [3.05, 3.63) is 28.7 Å². The van der Waals surface area contributed by atoms with Crippen LogP contribution in [0.4, 0.5) is 5.69 Å². The van der Waals surface area contributed by atoms with E-state index in [1.54, 1.807) is 19.3 Å². The minimum Gasteiger partial charge on any atom is -0.365 e. The molecule has 2 atom stereocenters. The number of hydrogen-bond acceptors (Lipinski definition) is 3. The summed E-state index contributed by atoms with van der Waals surface area (Å²) in [6.07, 6.45) is 3.02. The van der Waals surface area contributed by atoms with E-state index in [9.17, 15) is 9.59 Å². The summed E-state index contributed by atoms with van der Waals surface area (Å²) in [5.41, 5.74) is 0.508. The number of aryl methyl sites for hydroxylation is 1. The van der Waals surface area contributed by atoms with Crippen LogP contribution in [0.1, 0.15) is 19.8 Å². The number of aromatic nitrogens is 1. The van der Waals surface area contributed by atoms with Crippen molar-refractivity contribution in [1.29, 1.82) is 0 Å². The lowest BCUT2D eigenvalue weighted by Crippen LogP contribution is -2.28. The highest BCUT2D eigenvalue weighted by Gasteiger charge is 2.28. The maximum Gasteiger partial charge on any atom is 0.253 e. The van der Waals surface area contributed by atoms with Crippen molar-refractivity contribution in [2.75, 3.05) is 5.32 Å². The summed E-state index contributed by atoms with van der Waals surface area (Å²) in [7, 11) is 1.64. The summed E-state index contributed by atoms with van der Waals surface area (Å²) in [6.45, 7) is 1.96. The van der Waals surface area contributed by atoms with Gasteiger partial charge in [0.2, 0.25) is 5.56 Å². The quantitative estimate of drug-likeness (QED) is 0.829. The second-order valence-electron chi connectivity index (χ2n) is 4.37. The Morgan fingerprint density at radius 1 is 1.47 bits per heavy atom. The maximum absolute atomic E-state index is 11.8. The second-order valence-corrected chi connectivity index (χ2v) is 4.37. The van der Waals surface area contributed by atoms with Crippen LogP contribution in [0.15, 0.2) is 23.1 Å². The Balaban J connectivity index is 2.03. The standard InChI is InChI=1S/C12H16N2O3/c1-8-3-5-10(17-8)12(16)13-9-4-6-11(15)14(2)7-9/h4,6-8,10H,3,5H2,1-2H3,(H,13,16). The molecule has 1 saturated heterocycles. The van der Waals surface area contributed by atoms with Gasteiger partial charge >= 0.3 is 0 Å². The van der Waals surface area contributed by atoms with Gasteiger partial charge in [-0.2, -0.15) is 0 Å². The molecule has 2 heterocycles. The molecule has 0 bridgehead atoms. The molecule has 1 N–H and O–H groups in total. The Bertz CT molecular complexity index is 481. The van der Waals surface area contributed by atoms with Gasteiger partial charge in [0, 0.05) is 19.3 Å². The molecule has 1 amide bonds. The minimum absolute atomic E-state index is 0.103. The van der Waals surface area contributed by atoms with Crippen LogP contribution in [0.5, 0.6) is 0 Å². The zero-order valence-corrected chi connectivity index (χ0v) is 9.97. The first-order valence-corrected chi connectivity index (χ1v) is 5.69. The number of nitrogens with one attached hydrogen (secondary N) is 1. The van der Waals surface area contributed by atoms with Crippen LogP contribution >= 0.6 is 0 Å². The Labute approximate surface area is 99.4 Å². The molecule has 2 rings (SSSR count). The number of ether oxygens (including phenoxy) is 1. The molecule has 0 aromatic carbocycles. The average molecular weight is 236 g/mol. The van der Waals surface area contributed by atoms with Crippen molar-refractivity contribution in [2.24, 2.45) is 7.05 Å². The van der Waals surface area contributed by atoms with Crippen LogP contribution < -0.4 is 10.9 Å². The first-order chi connectivity index (χ1) is 8.06. The number of carbonyl (C=O) groups excluding carboxylic acids is 1. The van der Waals surface area contributed by atoms with Crippen LogP contribution in [-0.4, -0.2) is 22.7 Å². The van der Waals surface area contributed by atoms with Gasteiger partial charge < -0.3 is 14.6 Å². The van der Waals surface area contributed by atoms with Crippen molar-refractivity contribution in [1.82, 2.24) is 4.57 Å². The van der Waals surface area contributed by atoms with Gasteiger partial charge in [-0.05, 0) is 25.8 Å². The van der Waals surface area contributed by atoms with Gasteiger partial charge in [0.15, 0.2) is 0 Å². The largest absolute Gasteiger partial charge is 0.365 e. The van der Waals surface area contributed by atoms with Crippen LogP contribution in [-0.2, 0) is 16.6 Å². The molecule has 1 aliphatic heterocycles. The third kappa shape index (κ3) is 2.74. The highest BCUT2D eigenvalue weighted by atomic mass is 16.5. The number of carbonyl (C=O) groups is 1. The van der Waals surface area contributed by atoms with Crippen molar-refractivity contribution < 1.29 is 9.53 Å². The molecule has 0 radical (unpaired) electrons. The van der Waals surface area contributed by atoms with Crippen LogP contribution in [0.25, 0.3) is 0 Å². The van der Waals surface area contributed by atoms with Gasteiger partial charge in [0.05, 0.1) is 11.8 Å². The Morgan fingerprint density at radius 2 is 2.24 bits per heavy atom. The van der Waals surface area contributed by atoms with Crippen LogP contribution in [0, 0.1) is 0 Å². The van der Waals surface area contributed by atoms with Gasteiger partial charge in [-0.3, -0.25) is 9.59 Å². The first kappa shape index (κ1) is 11.9. The van der Waals surface area contributed by atoms with E-state index in [4.69, 9.17) is 4.74 Å². The fourth-order valence-electron chi connectivity index (χ4n) is 1.89. The molecule has 5 nitrogen and oxygen atoms in total. The van der Waals surface area contributed by atoms with Crippen molar-refractivity contribution in [2.45, 2.75) is 32.0 Å². The third-order valence-corrected chi connectivity index (χ3v) is 2.88. The third-order valence-electron chi connectivity index (χ3n) is 2.88. The normalized spacial score (nSPS) is 23.6. The molecule has 1 aromatic heterocycles. The van der Waals surface area contributed by atoms with E-state index in [1.165, 1.54) is 10.6 Å². The molecule has 0 saturated carbocycles. The van der Waals surface area contributed by atoms with E-state index in [-0.39, 0.29) is 23.7 Å². The van der Waals surface area contributed by atoms with E-state index in [2.05, 4.69) is 5.32 Å². The lowest BCUT2D eigenvalue weighted by molar-refractivity contribution is -0.126. The minimum atomic E-state index is -0.373. The van der Waals surface area contributed by atoms with Crippen molar-refractivity contribution in [3.8, 4) is 0 Å². The highest BCUT2D eigenvalue weighted by Crippen LogP contribution is 2.20. The van der Waals surface area contributed by atoms with E-state index < -0.39 is 0 Å². The van der Waals surface area contributed by atoms with Crippen molar-refractivity contribution in [3.63, 3.8) is 0 Å². The summed E-state index contributed by atoms with van der Waals surface area (Å²) < 4.78 is 6.89. The fourth-order valence-corrected chi connectivity index (χ4v) is 1.89. The van der Waals surface area contributed by atoms with Gasteiger partial charge in [-0.15, -0.1) is 0 Å². The highest BCUT2D eigenvalue weighted by molar-refractivity contribution is 5.94. The van der Waals surface area contributed by atoms with Crippen molar-refractivity contribution >= 4 is 11.6 Å². The van der Waals surface area contributed by atoms with Crippen LogP contribution in [0.2, 0.25) is 0 Å². The van der Waals surface area contributed by atoms with E-state index >= 15 is 0 Å². The molecule has 1 fully saturated rings. The monoisotopic (exact) mass is 236 g/mol. The maximum atomic E-state index is 11.8. The molecule has 1 aliphatic rings. The smallest absolute Gasteiger partial charge is 0.253 e. The predicted octanol–water partition coefficient (Wildman–Crippen LogP) is 0.891. The molecule has 5 heteroatoms. The van der Waals surface area contributed by atoms with Gasteiger partial charge in [0.1, 0.15) is 6.10 Å². The molecule has 0 spiro atoms. The summed E-state index contributed by atoms with van der Waals surface area (Å²) in [6, 6.07) is 3.02. The summed E-state index contributed by atoms with van der Waals surface area (Å²) >= 11 is 0. The number of hydrogen-bond donors (Lipinski definition) is 1. The predicted molar refractivity (Wildman–Crippen MR) is 63.9 cm³/mol. The molecule has 92 valence electrons. The van der Waals surface area contributed by atoms with Gasteiger partial charge in [-0.1, -0.05) is 0 Å². The lowest BCUT2D eigenvalue weighted by atomic mass is 10.2. The average Bonchev–Trinajstić information content (AvgIpc) is 2.70.